The highest BCUT2D eigenvalue weighted by atomic mass is 15.2. The lowest BCUT2D eigenvalue weighted by Gasteiger charge is -2.38. The Morgan fingerprint density at radius 1 is 1.23 bits per heavy atom. The smallest absolute Gasteiger partial charge is 0.0414 e. The Labute approximate surface area is 135 Å². The molecule has 22 heavy (non-hydrogen) atoms. The zero-order valence-corrected chi connectivity index (χ0v) is 14.4. The molecular weight excluding hydrogens is 270 g/mol. The molecule has 0 aromatic heterocycles. The Morgan fingerprint density at radius 2 is 1.95 bits per heavy atom. The largest absolute Gasteiger partial charge is 0.371 e. The lowest BCUT2D eigenvalue weighted by molar-refractivity contribution is 0.233. The first-order valence-electron chi connectivity index (χ1n) is 8.94. The van der Waals surface area contributed by atoms with Crippen LogP contribution < -0.4 is 10.2 Å². The highest BCUT2D eigenvalue weighted by Crippen LogP contribution is 2.33. The predicted octanol–water partition coefficient (Wildman–Crippen LogP) is 3.20. The molecule has 1 heterocycles. The van der Waals surface area contributed by atoms with E-state index in [2.05, 4.69) is 54.2 Å². The monoisotopic (exact) mass is 301 g/mol. The van der Waals surface area contributed by atoms with E-state index in [1.807, 2.05) is 0 Å². The van der Waals surface area contributed by atoms with Crippen LogP contribution in [0.25, 0.3) is 0 Å². The van der Waals surface area contributed by atoms with Gasteiger partial charge in [0, 0.05) is 51.5 Å². The van der Waals surface area contributed by atoms with E-state index in [0.717, 1.165) is 25.7 Å². The van der Waals surface area contributed by atoms with Gasteiger partial charge in [-0.2, -0.15) is 0 Å². The van der Waals surface area contributed by atoms with Crippen molar-refractivity contribution < 1.29 is 0 Å². The number of piperazine rings is 1. The number of benzene rings is 1. The fourth-order valence-electron chi connectivity index (χ4n) is 3.48. The third-order valence-electron chi connectivity index (χ3n) is 5.38. The molecule has 3 nitrogen and oxygen atoms in total. The molecule has 1 aliphatic heterocycles. The van der Waals surface area contributed by atoms with Crippen molar-refractivity contribution in [2.24, 2.45) is 0 Å². The quantitative estimate of drug-likeness (QED) is 0.901. The number of hydrogen-bond acceptors (Lipinski definition) is 3. The van der Waals surface area contributed by atoms with E-state index in [0.29, 0.717) is 5.92 Å². The van der Waals surface area contributed by atoms with Gasteiger partial charge in [0.2, 0.25) is 0 Å². The van der Waals surface area contributed by atoms with Crippen LogP contribution in [-0.4, -0.2) is 44.2 Å². The van der Waals surface area contributed by atoms with Gasteiger partial charge in [0.1, 0.15) is 0 Å². The molecule has 3 heteroatoms. The van der Waals surface area contributed by atoms with Gasteiger partial charge in [0.05, 0.1) is 0 Å². The normalized spacial score (nSPS) is 20.2. The maximum Gasteiger partial charge on any atom is 0.0414 e. The number of rotatable bonds is 5. The summed E-state index contributed by atoms with van der Waals surface area (Å²) in [6.07, 6.45) is 4.11. The first kappa shape index (κ1) is 15.8. The van der Waals surface area contributed by atoms with E-state index in [9.17, 15) is 0 Å². The summed E-state index contributed by atoms with van der Waals surface area (Å²) in [6, 6.07) is 7.91. The second-order valence-corrected chi connectivity index (χ2v) is 7.26. The van der Waals surface area contributed by atoms with E-state index in [4.69, 9.17) is 0 Å². The molecule has 0 bridgehead atoms. The number of anilines is 1. The Balaban J connectivity index is 1.82. The number of nitrogens with one attached hydrogen (secondary N) is 1. The predicted molar refractivity (Wildman–Crippen MR) is 94.7 cm³/mol. The summed E-state index contributed by atoms with van der Waals surface area (Å²) in [5.74, 6) is 0.599. The van der Waals surface area contributed by atoms with Crippen LogP contribution in [0, 0.1) is 0 Å². The van der Waals surface area contributed by atoms with Gasteiger partial charge in [-0.3, -0.25) is 4.90 Å². The van der Waals surface area contributed by atoms with Gasteiger partial charge in [-0.1, -0.05) is 26.0 Å². The zero-order chi connectivity index (χ0) is 15.5. The highest BCUT2D eigenvalue weighted by Gasteiger charge is 2.24. The molecule has 122 valence electrons. The van der Waals surface area contributed by atoms with Crippen LogP contribution >= 0.6 is 0 Å². The molecular formula is C19H31N3. The van der Waals surface area contributed by atoms with Crippen LogP contribution in [0.4, 0.5) is 5.69 Å². The Bertz CT molecular complexity index is 487. The number of hydrogen-bond donors (Lipinski definition) is 1. The third kappa shape index (κ3) is 3.47. The molecule has 0 amide bonds. The van der Waals surface area contributed by atoms with Gasteiger partial charge in [-0.25, -0.2) is 0 Å². The minimum absolute atomic E-state index is 0.599. The van der Waals surface area contributed by atoms with Crippen LogP contribution in [0.2, 0.25) is 0 Å². The summed E-state index contributed by atoms with van der Waals surface area (Å²) < 4.78 is 0. The second-order valence-electron chi connectivity index (χ2n) is 7.26. The SMILES string of the molecule is CC(C)c1ccc(CN2CCNCC2)c(N(C)C2CCC2)c1. The molecule has 1 aromatic rings. The van der Waals surface area contributed by atoms with Crippen molar-refractivity contribution in [1.82, 2.24) is 10.2 Å². The summed E-state index contributed by atoms with van der Waals surface area (Å²) >= 11 is 0. The molecule has 1 aromatic carbocycles. The maximum absolute atomic E-state index is 3.45. The molecule has 0 unspecified atom stereocenters. The molecule has 2 fully saturated rings. The van der Waals surface area contributed by atoms with Crippen LogP contribution in [0.15, 0.2) is 18.2 Å². The summed E-state index contributed by atoms with van der Waals surface area (Å²) in [5, 5.41) is 3.45. The van der Waals surface area contributed by atoms with Crippen LogP contribution in [-0.2, 0) is 6.54 Å². The van der Waals surface area contributed by atoms with Gasteiger partial charge >= 0.3 is 0 Å². The van der Waals surface area contributed by atoms with E-state index in [1.54, 1.807) is 0 Å². The van der Waals surface area contributed by atoms with Gasteiger partial charge in [-0.05, 0) is 42.4 Å². The van der Waals surface area contributed by atoms with Crippen molar-refractivity contribution in [3.63, 3.8) is 0 Å². The van der Waals surface area contributed by atoms with E-state index in [-0.39, 0.29) is 0 Å². The zero-order valence-electron chi connectivity index (χ0n) is 14.4. The lowest BCUT2D eigenvalue weighted by atomic mass is 9.90. The summed E-state index contributed by atoms with van der Waals surface area (Å²) in [7, 11) is 2.30. The minimum atomic E-state index is 0.599. The van der Waals surface area contributed by atoms with Gasteiger partial charge < -0.3 is 10.2 Å². The third-order valence-corrected chi connectivity index (χ3v) is 5.38. The summed E-state index contributed by atoms with van der Waals surface area (Å²) in [6.45, 7) is 10.2. The van der Waals surface area contributed by atoms with Gasteiger partial charge in [-0.15, -0.1) is 0 Å². The molecule has 0 spiro atoms. The first-order valence-corrected chi connectivity index (χ1v) is 8.94. The molecule has 0 atom stereocenters. The number of nitrogens with zero attached hydrogens (tertiary/aromatic N) is 2. The standard InChI is InChI=1S/C19H31N3/c1-15(2)16-7-8-17(14-22-11-9-20-10-12-22)19(13-16)21(3)18-5-4-6-18/h7-8,13,15,18,20H,4-6,9-12,14H2,1-3H3. The maximum atomic E-state index is 3.45. The van der Waals surface area contributed by atoms with E-state index >= 15 is 0 Å². The molecule has 3 rings (SSSR count). The van der Waals surface area contributed by atoms with Gasteiger partial charge in [0.15, 0.2) is 0 Å². The molecule has 0 radical (unpaired) electrons. The van der Waals surface area contributed by atoms with Crippen molar-refractivity contribution in [3.8, 4) is 0 Å². The average Bonchev–Trinajstić information content (AvgIpc) is 2.46. The molecule has 1 saturated heterocycles. The van der Waals surface area contributed by atoms with Gasteiger partial charge in [0.25, 0.3) is 0 Å². The molecule has 2 aliphatic rings. The average molecular weight is 301 g/mol. The van der Waals surface area contributed by atoms with E-state index in [1.165, 1.54) is 49.2 Å². The van der Waals surface area contributed by atoms with Crippen LogP contribution in [0.1, 0.15) is 50.2 Å². The fraction of sp³-hybridized carbons (Fsp3) is 0.684. The van der Waals surface area contributed by atoms with Crippen molar-refractivity contribution in [2.45, 2.75) is 51.6 Å². The van der Waals surface area contributed by atoms with E-state index < -0.39 is 0 Å². The Hall–Kier alpha value is -1.06. The first-order chi connectivity index (χ1) is 10.6. The summed E-state index contributed by atoms with van der Waals surface area (Å²) in [4.78, 5) is 5.13. The van der Waals surface area contributed by atoms with Crippen molar-refractivity contribution >= 4 is 5.69 Å². The van der Waals surface area contributed by atoms with Crippen LogP contribution in [0.3, 0.4) is 0 Å². The minimum Gasteiger partial charge on any atom is -0.371 e. The molecule has 1 aliphatic carbocycles. The van der Waals surface area contributed by atoms with Crippen molar-refractivity contribution in [3.05, 3.63) is 29.3 Å². The Morgan fingerprint density at radius 3 is 2.55 bits per heavy atom. The summed E-state index contributed by atoms with van der Waals surface area (Å²) in [5.41, 5.74) is 4.43. The topological polar surface area (TPSA) is 18.5 Å². The highest BCUT2D eigenvalue weighted by molar-refractivity contribution is 5.56. The molecule has 1 saturated carbocycles. The van der Waals surface area contributed by atoms with Crippen molar-refractivity contribution in [1.29, 1.82) is 0 Å². The van der Waals surface area contributed by atoms with Crippen LogP contribution in [0.5, 0.6) is 0 Å². The van der Waals surface area contributed by atoms with Crippen molar-refractivity contribution in [2.75, 3.05) is 38.1 Å². The fourth-order valence-corrected chi connectivity index (χ4v) is 3.48. The molecule has 1 N–H and O–H groups in total. The second kappa shape index (κ2) is 7.01. The lowest BCUT2D eigenvalue weighted by Crippen LogP contribution is -2.43. The Kier molecular flexibility index (Phi) is 5.04.